The van der Waals surface area contributed by atoms with E-state index < -0.39 is 5.91 Å². The largest absolute Gasteiger partial charge is 0.378 e. The van der Waals surface area contributed by atoms with E-state index in [0.29, 0.717) is 17.5 Å². The van der Waals surface area contributed by atoms with Crippen molar-refractivity contribution in [1.82, 2.24) is 4.98 Å². The first kappa shape index (κ1) is 13.8. The van der Waals surface area contributed by atoms with Gasteiger partial charge in [-0.3, -0.25) is 4.79 Å². The molecule has 1 amide bonds. The summed E-state index contributed by atoms with van der Waals surface area (Å²) >= 11 is 0. The molecule has 3 N–H and O–H groups in total. The van der Waals surface area contributed by atoms with E-state index in [-0.39, 0.29) is 0 Å². The molecule has 0 bridgehead atoms. The molecule has 2 rings (SSSR count). The van der Waals surface area contributed by atoms with Crippen molar-refractivity contribution in [3.05, 3.63) is 23.9 Å². The number of anilines is 1. The minimum Gasteiger partial charge on any atom is -0.378 e. The summed E-state index contributed by atoms with van der Waals surface area (Å²) in [5.74, 6) is 0.0914. The first-order valence-electron chi connectivity index (χ1n) is 6.87. The van der Waals surface area contributed by atoms with Gasteiger partial charge in [-0.15, -0.1) is 0 Å². The van der Waals surface area contributed by atoms with Gasteiger partial charge in [-0.1, -0.05) is 12.8 Å². The van der Waals surface area contributed by atoms with Crippen LogP contribution in [0, 0.1) is 0 Å². The highest BCUT2D eigenvalue weighted by Gasteiger charge is 2.14. The van der Waals surface area contributed by atoms with Gasteiger partial charge in [-0.05, 0) is 31.4 Å². The molecular weight excluding hydrogens is 242 g/mol. The summed E-state index contributed by atoms with van der Waals surface area (Å²) in [6, 6.07) is 3.38. The Balaban J connectivity index is 1.69. The van der Waals surface area contributed by atoms with E-state index in [9.17, 15) is 4.79 Å². The standard InChI is InChI=1S/C14H21N3O2/c15-13(18)12-7-3-8-16-14(12)17-9-4-10-19-11-5-1-2-6-11/h3,7-8,11H,1-2,4-6,9-10H2,(H2,15,18)(H,16,17). The topological polar surface area (TPSA) is 77.2 Å². The number of pyridine rings is 1. The number of primary amides is 1. The maximum Gasteiger partial charge on any atom is 0.252 e. The Kier molecular flexibility index (Phi) is 5.15. The normalized spacial score (nSPS) is 15.6. The van der Waals surface area contributed by atoms with Crippen LogP contribution >= 0.6 is 0 Å². The number of ether oxygens (including phenoxy) is 1. The van der Waals surface area contributed by atoms with Crippen LogP contribution in [0.15, 0.2) is 18.3 Å². The molecule has 1 heterocycles. The molecule has 0 atom stereocenters. The summed E-state index contributed by atoms with van der Waals surface area (Å²) < 4.78 is 5.77. The van der Waals surface area contributed by atoms with E-state index in [4.69, 9.17) is 10.5 Å². The number of rotatable bonds is 7. The van der Waals surface area contributed by atoms with Gasteiger partial charge in [0, 0.05) is 19.3 Å². The third-order valence-corrected chi connectivity index (χ3v) is 3.34. The van der Waals surface area contributed by atoms with Gasteiger partial charge in [0.15, 0.2) is 0 Å². The Bertz CT molecular complexity index is 417. The molecular formula is C14H21N3O2. The molecule has 104 valence electrons. The fourth-order valence-electron chi connectivity index (χ4n) is 2.33. The highest BCUT2D eigenvalue weighted by atomic mass is 16.5. The highest BCUT2D eigenvalue weighted by Crippen LogP contribution is 2.20. The quantitative estimate of drug-likeness (QED) is 0.737. The predicted molar refractivity (Wildman–Crippen MR) is 74.1 cm³/mol. The Morgan fingerprint density at radius 3 is 3.00 bits per heavy atom. The average Bonchev–Trinajstić information content (AvgIpc) is 2.92. The summed E-state index contributed by atoms with van der Waals surface area (Å²) in [6.45, 7) is 1.47. The van der Waals surface area contributed by atoms with Gasteiger partial charge in [0.05, 0.1) is 11.7 Å². The molecule has 0 saturated heterocycles. The van der Waals surface area contributed by atoms with Crippen LogP contribution < -0.4 is 11.1 Å². The first-order valence-corrected chi connectivity index (χ1v) is 6.87. The number of nitrogens with zero attached hydrogens (tertiary/aromatic N) is 1. The lowest BCUT2D eigenvalue weighted by Crippen LogP contribution is -2.17. The second-order valence-corrected chi connectivity index (χ2v) is 4.82. The van der Waals surface area contributed by atoms with Crippen LogP contribution in [0.25, 0.3) is 0 Å². The maximum absolute atomic E-state index is 11.2. The van der Waals surface area contributed by atoms with E-state index >= 15 is 0 Å². The van der Waals surface area contributed by atoms with E-state index in [0.717, 1.165) is 19.6 Å². The molecule has 1 aromatic rings. The number of nitrogens with two attached hydrogens (primary N) is 1. The number of carbonyl (C=O) groups excluding carboxylic acids is 1. The number of hydrogen-bond donors (Lipinski definition) is 2. The molecule has 0 unspecified atom stereocenters. The van der Waals surface area contributed by atoms with Crippen molar-refractivity contribution < 1.29 is 9.53 Å². The zero-order chi connectivity index (χ0) is 13.5. The van der Waals surface area contributed by atoms with Crippen LogP contribution in [0.5, 0.6) is 0 Å². The smallest absolute Gasteiger partial charge is 0.252 e. The molecule has 19 heavy (non-hydrogen) atoms. The molecule has 0 aliphatic heterocycles. The van der Waals surface area contributed by atoms with Gasteiger partial charge < -0.3 is 15.8 Å². The highest BCUT2D eigenvalue weighted by molar-refractivity contribution is 5.97. The summed E-state index contributed by atoms with van der Waals surface area (Å²) in [7, 11) is 0. The molecule has 1 fully saturated rings. The molecule has 1 saturated carbocycles. The van der Waals surface area contributed by atoms with Crippen molar-refractivity contribution in [2.75, 3.05) is 18.5 Å². The van der Waals surface area contributed by atoms with Crippen molar-refractivity contribution in [2.24, 2.45) is 5.73 Å². The number of aromatic nitrogens is 1. The van der Waals surface area contributed by atoms with Gasteiger partial charge in [-0.2, -0.15) is 0 Å². The molecule has 0 radical (unpaired) electrons. The maximum atomic E-state index is 11.2. The molecule has 0 spiro atoms. The number of carbonyl (C=O) groups is 1. The van der Waals surface area contributed by atoms with Crippen LogP contribution in [-0.4, -0.2) is 30.1 Å². The van der Waals surface area contributed by atoms with Crippen LogP contribution in [0.1, 0.15) is 42.5 Å². The van der Waals surface area contributed by atoms with Gasteiger partial charge in [0.25, 0.3) is 5.91 Å². The SMILES string of the molecule is NC(=O)c1cccnc1NCCCOC1CCCC1. The first-order chi connectivity index (χ1) is 9.27. The number of amides is 1. The van der Waals surface area contributed by atoms with Crippen molar-refractivity contribution in [3.8, 4) is 0 Å². The Morgan fingerprint density at radius 1 is 1.47 bits per heavy atom. The van der Waals surface area contributed by atoms with Crippen LogP contribution in [-0.2, 0) is 4.74 Å². The zero-order valence-corrected chi connectivity index (χ0v) is 11.1. The van der Waals surface area contributed by atoms with Crippen molar-refractivity contribution in [2.45, 2.75) is 38.2 Å². The van der Waals surface area contributed by atoms with Crippen molar-refractivity contribution >= 4 is 11.7 Å². The number of nitrogens with one attached hydrogen (secondary N) is 1. The Hall–Kier alpha value is -1.62. The Morgan fingerprint density at radius 2 is 2.26 bits per heavy atom. The minimum absolute atomic E-state index is 0.430. The summed E-state index contributed by atoms with van der Waals surface area (Å²) in [4.78, 5) is 15.3. The van der Waals surface area contributed by atoms with Gasteiger partial charge >= 0.3 is 0 Å². The van der Waals surface area contributed by atoms with E-state index in [1.165, 1.54) is 25.7 Å². The molecule has 0 aromatic carbocycles. The monoisotopic (exact) mass is 263 g/mol. The van der Waals surface area contributed by atoms with E-state index in [2.05, 4.69) is 10.3 Å². The fourth-order valence-corrected chi connectivity index (χ4v) is 2.33. The third kappa shape index (κ3) is 4.21. The lowest BCUT2D eigenvalue weighted by atomic mass is 10.2. The Labute approximate surface area is 113 Å². The van der Waals surface area contributed by atoms with Gasteiger partial charge in [0.2, 0.25) is 0 Å². The minimum atomic E-state index is -0.460. The van der Waals surface area contributed by atoms with Crippen LogP contribution in [0.4, 0.5) is 5.82 Å². The lowest BCUT2D eigenvalue weighted by Gasteiger charge is -2.12. The molecule has 5 heteroatoms. The summed E-state index contributed by atoms with van der Waals surface area (Å²) in [6.07, 6.45) is 7.96. The second-order valence-electron chi connectivity index (χ2n) is 4.82. The van der Waals surface area contributed by atoms with Gasteiger partial charge in [0.1, 0.15) is 5.82 Å². The number of hydrogen-bond acceptors (Lipinski definition) is 4. The zero-order valence-electron chi connectivity index (χ0n) is 11.1. The van der Waals surface area contributed by atoms with Crippen LogP contribution in [0.3, 0.4) is 0 Å². The summed E-state index contributed by atoms with van der Waals surface area (Å²) in [5.41, 5.74) is 5.71. The van der Waals surface area contributed by atoms with Crippen LogP contribution in [0.2, 0.25) is 0 Å². The van der Waals surface area contributed by atoms with E-state index in [1.54, 1.807) is 18.3 Å². The molecule has 5 nitrogen and oxygen atoms in total. The van der Waals surface area contributed by atoms with Crippen molar-refractivity contribution in [3.63, 3.8) is 0 Å². The molecule has 1 aromatic heterocycles. The third-order valence-electron chi connectivity index (χ3n) is 3.34. The fraction of sp³-hybridized carbons (Fsp3) is 0.571. The average molecular weight is 263 g/mol. The van der Waals surface area contributed by atoms with Crippen molar-refractivity contribution in [1.29, 1.82) is 0 Å². The molecule has 1 aliphatic rings. The second kappa shape index (κ2) is 7.09. The molecule has 1 aliphatic carbocycles. The van der Waals surface area contributed by atoms with Gasteiger partial charge in [-0.25, -0.2) is 4.98 Å². The lowest BCUT2D eigenvalue weighted by molar-refractivity contribution is 0.0583. The predicted octanol–water partition coefficient (Wildman–Crippen LogP) is 1.94. The summed E-state index contributed by atoms with van der Waals surface area (Å²) in [5, 5.41) is 3.13. The van der Waals surface area contributed by atoms with E-state index in [1.807, 2.05) is 0 Å².